The SMILES string of the molecule is CC(CNC(=O)C1CC(=O)N(c2cccc(S(N)(=O)=O)c2)C1)CC(=O)O. The molecule has 1 fully saturated rings. The van der Waals surface area contributed by atoms with E-state index in [1.165, 1.54) is 23.1 Å². The van der Waals surface area contributed by atoms with Gasteiger partial charge in [-0.1, -0.05) is 13.0 Å². The molecule has 9 nitrogen and oxygen atoms in total. The fourth-order valence-electron chi connectivity index (χ4n) is 2.75. The highest BCUT2D eigenvalue weighted by molar-refractivity contribution is 7.89. The average Bonchev–Trinajstić information content (AvgIpc) is 2.93. The summed E-state index contributed by atoms with van der Waals surface area (Å²) in [6.07, 6.45) is -0.0604. The van der Waals surface area contributed by atoms with Crippen LogP contribution < -0.4 is 15.4 Å². The van der Waals surface area contributed by atoms with E-state index in [1.807, 2.05) is 0 Å². The zero-order valence-corrected chi connectivity index (χ0v) is 15.0. The Morgan fingerprint density at radius 2 is 2.12 bits per heavy atom. The highest BCUT2D eigenvalue weighted by Gasteiger charge is 2.35. The summed E-state index contributed by atoms with van der Waals surface area (Å²) in [5, 5.41) is 16.5. The number of amides is 2. The minimum Gasteiger partial charge on any atom is -0.481 e. The van der Waals surface area contributed by atoms with E-state index in [4.69, 9.17) is 10.2 Å². The molecule has 0 aliphatic carbocycles. The molecule has 4 N–H and O–H groups in total. The highest BCUT2D eigenvalue weighted by atomic mass is 32.2. The fourth-order valence-corrected chi connectivity index (χ4v) is 3.30. The summed E-state index contributed by atoms with van der Waals surface area (Å²) in [4.78, 5) is 36.3. The Morgan fingerprint density at radius 1 is 1.42 bits per heavy atom. The van der Waals surface area contributed by atoms with Crippen molar-refractivity contribution in [2.45, 2.75) is 24.7 Å². The lowest BCUT2D eigenvalue weighted by Crippen LogP contribution is -2.35. The first-order valence-corrected chi connectivity index (χ1v) is 9.55. The molecule has 2 atom stereocenters. The largest absolute Gasteiger partial charge is 0.481 e. The maximum atomic E-state index is 12.2. The number of nitrogens with two attached hydrogens (primary N) is 1. The van der Waals surface area contributed by atoms with Crippen LogP contribution in [0.3, 0.4) is 0 Å². The lowest BCUT2D eigenvalue weighted by Gasteiger charge is -2.18. The van der Waals surface area contributed by atoms with E-state index in [1.54, 1.807) is 13.0 Å². The molecule has 1 aromatic rings. The summed E-state index contributed by atoms with van der Waals surface area (Å²) in [6.45, 7) is 2.03. The molecule has 0 bridgehead atoms. The van der Waals surface area contributed by atoms with Gasteiger partial charge in [-0.25, -0.2) is 13.6 Å². The smallest absolute Gasteiger partial charge is 0.303 e. The summed E-state index contributed by atoms with van der Waals surface area (Å²) in [7, 11) is -3.90. The second-order valence-corrected chi connectivity index (χ2v) is 7.96. The zero-order valence-electron chi connectivity index (χ0n) is 14.2. The van der Waals surface area contributed by atoms with Gasteiger partial charge in [0.2, 0.25) is 21.8 Å². The maximum absolute atomic E-state index is 12.2. The standard InChI is InChI=1S/C16H21N3O6S/c1-10(5-15(21)22)8-18-16(23)11-6-14(20)19(9-11)12-3-2-4-13(7-12)26(17,24)25/h2-4,7,10-11H,5-6,8-9H2,1H3,(H,18,23)(H,21,22)(H2,17,24,25). The lowest BCUT2D eigenvalue weighted by atomic mass is 10.1. The van der Waals surface area contributed by atoms with Gasteiger partial charge in [0.1, 0.15) is 0 Å². The summed E-state index contributed by atoms with van der Waals surface area (Å²) in [5.74, 6) is -2.38. The van der Waals surface area contributed by atoms with Crippen LogP contribution in [0.1, 0.15) is 19.8 Å². The zero-order chi connectivity index (χ0) is 19.5. The first kappa shape index (κ1) is 19.9. The van der Waals surface area contributed by atoms with E-state index in [-0.39, 0.29) is 48.6 Å². The van der Waals surface area contributed by atoms with Gasteiger partial charge in [-0.05, 0) is 24.1 Å². The number of benzene rings is 1. The Morgan fingerprint density at radius 3 is 2.73 bits per heavy atom. The van der Waals surface area contributed by atoms with Crippen LogP contribution in [0.25, 0.3) is 0 Å². The molecular weight excluding hydrogens is 362 g/mol. The maximum Gasteiger partial charge on any atom is 0.303 e. The molecule has 142 valence electrons. The molecule has 10 heteroatoms. The number of primary sulfonamides is 1. The number of rotatable bonds is 7. The second-order valence-electron chi connectivity index (χ2n) is 6.40. The molecule has 0 saturated carbocycles. The fraction of sp³-hybridized carbons (Fsp3) is 0.438. The van der Waals surface area contributed by atoms with E-state index < -0.39 is 21.9 Å². The topological polar surface area (TPSA) is 147 Å². The number of nitrogens with one attached hydrogen (secondary N) is 1. The summed E-state index contributed by atoms with van der Waals surface area (Å²) >= 11 is 0. The van der Waals surface area contributed by atoms with E-state index >= 15 is 0 Å². The van der Waals surface area contributed by atoms with Crippen molar-refractivity contribution in [2.24, 2.45) is 17.0 Å². The van der Waals surface area contributed by atoms with E-state index in [0.717, 1.165) is 0 Å². The molecule has 1 aliphatic rings. The van der Waals surface area contributed by atoms with Crippen molar-refractivity contribution in [1.29, 1.82) is 0 Å². The highest BCUT2D eigenvalue weighted by Crippen LogP contribution is 2.26. The Balaban J connectivity index is 2.02. The van der Waals surface area contributed by atoms with Gasteiger partial charge in [0, 0.05) is 31.6 Å². The molecule has 1 aromatic carbocycles. The Labute approximate surface area is 151 Å². The van der Waals surface area contributed by atoms with Crippen LogP contribution in [0.4, 0.5) is 5.69 Å². The number of sulfonamides is 1. The van der Waals surface area contributed by atoms with Crippen LogP contribution in [0.2, 0.25) is 0 Å². The second kappa shape index (κ2) is 7.83. The quantitative estimate of drug-likeness (QED) is 0.600. The van der Waals surface area contributed by atoms with Crippen LogP contribution in [0.5, 0.6) is 0 Å². The third-order valence-electron chi connectivity index (χ3n) is 4.10. The first-order valence-electron chi connectivity index (χ1n) is 8.00. The normalized spacial score (nSPS) is 18.6. The average molecular weight is 383 g/mol. The number of nitrogens with zero attached hydrogens (tertiary/aromatic N) is 1. The molecule has 26 heavy (non-hydrogen) atoms. The lowest BCUT2D eigenvalue weighted by molar-refractivity contribution is -0.138. The van der Waals surface area contributed by atoms with Gasteiger partial charge in [-0.2, -0.15) is 0 Å². The van der Waals surface area contributed by atoms with E-state index in [0.29, 0.717) is 5.69 Å². The van der Waals surface area contributed by atoms with Crippen molar-refractivity contribution in [2.75, 3.05) is 18.0 Å². The number of aliphatic carboxylic acids is 1. The van der Waals surface area contributed by atoms with Crippen LogP contribution >= 0.6 is 0 Å². The third kappa shape index (κ3) is 5.02. The van der Waals surface area contributed by atoms with Gasteiger partial charge in [-0.3, -0.25) is 14.4 Å². The summed E-state index contributed by atoms with van der Waals surface area (Å²) in [5.41, 5.74) is 0.357. The number of carbonyl (C=O) groups is 3. The Bertz CT molecular complexity index is 823. The first-order chi connectivity index (χ1) is 12.1. The molecule has 2 unspecified atom stereocenters. The molecule has 0 spiro atoms. The molecule has 2 amide bonds. The minimum atomic E-state index is -3.90. The predicted octanol–water partition coefficient (Wildman–Crippen LogP) is -0.0861. The third-order valence-corrected chi connectivity index (χ3v) is 5.01. The van der Waals surface area contributed by atoms with E-state index in [9.17, 15) is 22.8 Å². The minimum absolute atomic E-state index is 0.00124. The van der Waals surface area contributed by atoms with Crippen molar-refractivity contribution >= 4 is 33.5 Å². The number of carboxylic acid groups (broad SMARTS) is 1. The number of anilines is 1. The Hall–Kier alpha value is -2.46. The van der Waals surface area contributed by atoms with Gasteiger partial charge in [0.15, 0.2) is 0 Å². The van der Waals surface area contributed by atoms with Crippen molar-refractivity contribution in [3.8, 4) is 0 Å². The predicted molar refractivity (Wildman–Crippen MR) is 92.7 cm³/mol. The number of carboxylic acids is 1. The van der Waals surface area contributed by atoms with Gasteiger partial charge >= 0.3 is 5.97 Å². The molecular formula is C16H21N3O6S. The van der Waals surface area contributed by atoms with Crippen LogP contribution in [0, 0.1) is 11.8 Å². The molecule has 2 rings (SSSR count). The monoisotopic (exact) mass is 383 g/mol. The van der Waals surface area contributed by atoms with Crippen LogP contribution in [0.15, 0.2) is 29.2 Å². The number of hydrogen-bond acceptors (Lipinski definition) is 5. The molecule has 1 saturated heterocycles. The molecule has 1 heterocycles. The van der Waals surface area contributed by atoms with Crippen LogP contribution in [-0.4, -0.2) is 44.4 Å². The molecule has 1 aliphatic heterocycles. The van der Waals surface area contributed by atoms with E-state index in [2.05, 4.69) is 5.32 Å². The summed E-state index contributed by atoms with van der Waals surface area (Å²) < 4.78 is 22.9. The van der Waals surface area contributed by atoms with Gasteiger partial charge in [-0.15, -0.1) is 0 Å². The number of hydrogen-bond donors (Lipinski definition) is 3. The Kier molecular flexibility index (Phi) is 5.98. The summed E-state index contributed by atoms with van der Waals surface area (Å²) in [6, 6.07) is 5.67. The number of carbonyl (C=O) groups excluding carboxylic acids is 2. The van der Waals surface area contributed by atoms with Gasteiger partial charge < -0.3 is 15.3 Å². The van der Waals surface area contributed by atoms with Crippen LogP contribution in [-0.2, 0) is 24.4 Å². The van der Waals surface area contributed by atoms with Crippen molar-refractivity contribution < 1.29 is 27.9 Å². The van der Waals surface area contributed by atoms with Gasteiger partial charge in [0.05, 0.1) is 10.8 Å². The van der Waals surface area contributed by atoms with Crippen molar-refractivity contribution in [3.63, 3.8) is 0 Å². The molecule has 0 aromatic heterocycles. The van der Waals surface area contributed by atoms with Crippen molar-refractivity contribution in [1.82, 2.24) is 5.32 Å². The van der Waals surface area contributed by atoms with Gasteiger partial charge in [0.25, 0.3) is 0 Å². The van der Waals surface area contributed by atoms with Crippen molar-refractivity contribution in [3.05, 3.63) is 24.3 Å². The molecule has 0 radical (unpaired) electrons.